The van der Waals surface area contributed by atoms with E-state index < -0.39 is 0 Å². The fraction of sp³-hybridized carbons (Fsp3) is 0.167. The smallest absolute Gasteiger partial charge is 0.174 e. The molecule has 2 aromatic rings. The van der Waals surface area contributed by atoms with Crippen molar-refractivity contribution in [3.05, 3.63) is 57.7 Å². The molecule has 0 radical (unpaired) electrons. The largest absolute Gasteiger partial charge is 0.457 e. The minimum absolute atomic E-state index is 0.248. The van der Waals surface area contributed by atoms with Crippen LogP contribution >= 0.6 is 15.9 Å². The van der Waals surface area contributed by atoms with Crippen molar-refractivity contribution in [2.24, 2.45) is 5.84 Å². The van der Waals surface area contributed by atoms with Crippen molar-refractivity contribution in [2.45, 2.75) is 13.0 Å². The molecule has 5 heteroatoms. The van der Waals surface area contributed by atoms with E-state index in [-0.39, 0.29) is 11.9 Å². The number of hydrogen-bond donors (Lipinski definition) is 2. The highest BCUT2D eigenvalue weighted by Crippen LogP contribution is 2.29. The predicted molar refractivity (Wildman–Crippen MR) is 66.7 cm³/mol. The Labute approximate surface area is 107 Å². The van der Waals surface area contributed by atoms with E-state index in [4.69, 9.17) is 10.3 Å². The first kappa shape index (κ1) is 12.3. The second-order valence-corrected chi connectivity index (χ2v) is 4.48. The summed E-state index contributed by atoms with van der Waals surface area (Å²) in [4.78, 5) is 0. The molecule has 0 saturated carbocycles. The average molecular weight is 299 g/mol. The number of nitrogens with two attached hydrogens (primary N) is 1. The quantitative estimate of drug-likeness (QED) is 0.676. The van der Waals surface area contributed by atoms with Crippen LogP contribution in [0.5, 0.6) is 0 Å². The first-order chi connectivity index (χ1) is 8.13. The van der Waals surface area contributed by atoms with Gasteiger partial charge in [-0.15, -0.1) is 0 Å². The fourth-order valence-electron chi connectivity index (χ4n) is 1.66. The Kier molecular flexibility index (Phi) is 3.61. The van der Waals surface area contributed by atoms with Crippen LogP contribution in [0, 0.1) is 12.7 Å². The SMILES string of the molecule is Cc1ccc(C(NN)c2ccoc2Br)cc1F. The van der Waals surface area contributed by atoms with E-state index in [9.17, 15) is 4.39 Å². The Bertz CT molecular complexity index is 527. The number of hydrazine groups is 1. The molecule has 0 spiro atoms. The summed E-state index contributed by atoms with van der Waals surface area (Å²) in [7, 11) is 0. The van der Waals surface area contributed by atoms with E-state index in [0.717, 1.165) is 11.1 Å². The molecule has 0 bridgehead atoms. The number of nitrogens with one attached hydrogen (secondary N) is 1. The fourth-order valence-corrected chi connectivity index (χ4v) is 2.13. The minimum Gasteiger partial charge on any atom is -0.457 e. The van der Waals surface area contributed by atoms with Crippen LogP contribution in [0.3, 0.4) is 0 Å². The molecule has 3 nitrogen and oxygen atoms in total. The molecule has 1 atom stereocenters. The van der Waals surface area contributed by atoms with Crippen LogP contribution in [0.4, 0.5) is 4.39 Å². The van der Waals surface area contributed by atoms with Gasteiger partial charge in [0.25, 0.3) is 0 Å². The average Bonchev–Trinajstić information content (AvgIpc) is 2.71. The Morgan fingerprint density at radius 3 is 2.71 bits per heavy atom. The van der Waals surface area contributed by atoms with Crippen molar-refractivity contribution in [1.82, 2.24) is 5.43 Å². The van der Waals surface area contributed by atoms with Gasteiger partial charge in [-0.3, -0.25) is 5.84 Å². The Morgan fingerprint density at radius 1 is 1.41 bits per heavy atom. The molecule has 0 aliphatic heterocycles. The van der Waals surface area contributed by atoms with Crippen LogP contribution in [-0.2, 0) is 0 Å². The Morgan fingerprint density at radius 2 is 2.18 bits per heavy atom. The van der Waals surface area contributed by atoms with Gasteiger partial charge in [-0.2, -0.15) is 0 Å². The zero-order chi connectivity index (χ0) is 12.4. The highest BCUT2D eigenvalue weighted by Gasteiger charge is 2.18. The van der Waals surface area contributed by atoms with E-state index in [1.165, 1.54) is 6.07 Å². The zero-order valence-corrected chi connectivity index (χ0v) is 10.8. The van der Waals surface area contributed by atoms with Gasteiger partial charge in [-0.1, -0.05) is 12.1 Å². The van der Waals surface area contributed by atoms with Crippen molar-refractivity contribution in [3.63, 3.8) is 0 Å². The Balaban J connectivity index is 2.42. The monoisotopic (exact) mass is 298 g/mol. The molecular weight excluding hydrogens is 287 g/mol. The zero-order valence-electron chi connectivity index (χ0n) is 9.21. The molecule has 90 valence electrons. The van der Waals surface area contributed by atoms with Crippen molar-refractivity contribution in [2.75, 3.05) is 0 Å². The van der Waals surface area contributed by atoms with Crippen molar-refractivity contribution >= 4 is 15.9 Å². The van der Waals surface area contributed by atoms with Gasteiger partial charge in [0.05, 0.1) is 12.3 Å². The van der Waals surface area contributed by atoms with Gasteiger partial charge in [0, 0.05) is 5.56 Å². The van der Waals surface area contributed by atoms with E-state index in [2.05, 4.69) is 21.4 Å². The number of halogens is 2. The van der Waals surface area contributed by atoms with Crippen molar-refractivity contribution in [3.8, 4) is 0 Å². The van der Waals surface area contributed by atoms with E-state index in [0.29, 0.717) is 10.2 Å². The third-order valence-electron chi connectivity index (χ3n) is 2.65. The van der Waals surface area contributed by atoms with Crippen LogP contribution in [0.15, 0.2) is 39.6 Å². The van der Waals surface area contributed by atoms with E-state index >= 15 is 0 Å². The van der Waals surface area contributed by atoms with Gasteiger partial charge in [0.2, 0.25) is 0 Å². The van der Waals surface area contributed by atoms with Gasteiger partial charge in [0.15, 0.2) is 4.67 Å². The third-order valence-corrected chi connectivity index (χ3v) is 3.30. The molecule has 17 heavy (non-hydrogen) atoms. The maximum Gasteiger partial charge on any atom is 0.174 e. The van der Waals surface area contributed by atoms with Crippen molar-refractivity contribution in [1.29, 1.82) is 0 Å². The number of benzene rings is 1. The molecule has 1 unspecified atom stereocenters. The summed E-state index contributed by atoms with van der Waals surface area (Å²) < 4.78 is 19.2. The van der Waals surface area contributed by atoms with Crippen LogP contribution in [0.2, 0.25) is 0 Å². The van der Waals surface area contributed by atoms with Crippen LogP contribution < -0.4 is 11.3 Å². The topological polar surface area (TPSA) is 51.2 Å². The standard InChI is InChI=1S/C12H12BrFN2O/c1-7-2-3-8(6-10(7)14)11(16-15)9-4-5-17-12(9)13/h2-6,11,16H,15H2,1H3. The summed E-state index contributed by atoms with van der Waals surface area (Å²) >= 11 is 3.28. The normalized spacial score (nSPS) is 12.7. The lowest BCUT2D eigenvalue weighted by atomic mass is 10.0. The summed E-state index contributed by atoms with van der Waals surface area (Å²) in [5.74, 6) is 5.27. The van der Waals surface area contributed by atoms with Gasteiger partial charge >= 0.3 is 0 Å². The number of rotatable bonds is 3. The maximum absolute atomic E-state index is 13.5. The molecule has 0 aliphatic rings. The summed E-state index contributed by atoms with van der Waals surface area (Å²) in [6.07, 6.45) is 1.55. The van der Waals surface area contributed by atoms with Gasteiger partial charge in [-0.05, 0) is 46.1 Å². The second kappa shape index (κ2) is 5.00. The molecular formula is C12H12BrFN2O. The summed E-state index contributed by atoms with van der Waals surface area (Å²) in [6, 6.07) is 6.51. The molecule has 1 aromatic carbocycles. The molecule has 0 saturated heterocycles. The molecule has 0 aliphatic carbocycles. The number of hydrogen-bond acceptors (Lipinski definition) is 3. The lowest BCUT2D eigenvalue weighted by Gasteiger charge is -2.15. The molecule has 0 fully saturated rings. The van der Waals surface area contributed by atoms with E-state index in [1.54, 1.807) is 25.3 Å². The second-order valence-electron chi connectivity index (χ2n) is 3.76. The van der Waals surface area contributed by atoms with Gasteiger partial charge in [0.1, 0.15) is 5.82 Å². The third kappa shape index (κ3) is 2.41. The lowest BCUT2D eigenvalue weighted by molar-refractivity contribution is 0.526. The summed E-state index contributed by atoms with van der Waals surface area (Å²) in [5.41, 5.74) is 4.84. The maximum atomic E-state index is 13.5. The van der Waals surface area contributed by atoms with Crippen LogP contribution in [0.1, 0.15) is 22.7 Å². The first-order valence-electron chi connectivity index (χ1n) is 5.08. The Hall–Kier alpha value is -1.17. The highest BCUT2D eigenvalue weighted by molar-refractivity contribution is 9.10. The van der Waals surface area contributed by atoms with Crippen LogP contribution in [-0.4, -0.2) is 0 Å². The first-order valence-corrected chi connectivity index (χ1v) is 5.88. The van der Waals surface area contributed by atoms with E-state index in [1.807, 2.05) is 6.07 Å². The molecule has 1 aromatic heterocycles. The van der Waals surface area contributed by atoms with Gasteiger partial charge < -0.3 is 4.42 Å². The van der Waals surface area contributed by atoms with Gasteiger partial charge in [-0.25, -0.2) is 9.82 Å². The molecule has 3 N–H and O–H groups in total. The molecule has 2 rings (SSSR count). The predicted octanol–water partition coefficient (Wildman–Crippen LogP) is 3.04. The lowest BCUT2D eigenvalue weighted by Crippen LogP contribution is -2.28. The highest BCUT2D eigenvalue weighted by atomic mass is 79.9. The minimum atomic E-state index is -0.307. The number of furan rings is 1. The summed E-state index contributed by atoms with van der Waals surface area (Å²) in [5, 5.41) is 0. The summed E-state index contributed by atoms with van der Waals surface area (Å²) in [6.45, 7) is 1.72. The van der Waals surface area contributed by atoms with Crippen molar-refractivity contribution < 1.29 is 8.81 Å². The molecule has 1 heterocycles. The number of aryl methyl sites for hydroxylation is 1. The van der Waals surface area contributed by atoms with Crippen LogP contribution in [0.25, 0.3) is 0 Å². The molecule has 0 amide bonds.